The Morgan fingerprint density at radius 3 is 2.95 bits per heavy atom. The Balaban J connectivity index is 1.94. The molecule has 0 saturated carbocycles. The van der Waals surface area contributed by atoms with Crippen LogP contribution in [-0.4, -0.2) is 27.7 Å². The smallest absolute Gasteiger partial charge is 0.293 e. The van der Waals surface area contributed by atoms with Crippen molar-refractivity contribution < 1.29 is 9.72 Å². The number of imidazole rings is 1. The normalized spacial score (nSPS) is 10.2. The standard InChI is InChI=1S/C13H14N4O3/c18-9-10-3-4-11(12(8-10)17(19)20)14-5-1-2-13-15-6-7-16-13/h3-4,6-9,14H,1-2,5H2,(H,15,16). The fourth-order valence-corrected chi connectivity index (χ4v) is 1.84. The number of carbonyl (C=O) groups excluding carboxylic acids is 1. The van der Waals surface area contributed by atoms with Crippen LogP contribution in [0.3, 0.4) is 0 Å². The van der Waals surface area contributed by atoms with Crippen LogP contribution < -0.4 is 5.32 Å². The highest BCUT2D eigenvalue weighted by atomic mass is 16.6. The van der Waals surface area contributed by atoms with E-state index in [9.17, 15) is 14.9 Å². The minimum Gasteiger partial charge on any atom is -0.379 e. The lowest BCUT2D eigenvalue weighted by atomic mass is 10.2. The van der Waals surface area contributed by atoms with Crippen molar-refractivity contribution in [2.24, 2.45) is 0 Å². The number of hydrogen-bond donors (Lipinski definition) is 2. The number of rotatable bonds is 7. The van der Waals surface area contributed by atoms with Crippen molar-refractivity contribution in [1.82, 2.24) is 9.97 Å². The van der Waals surface area contributed by atoms with Gasteiger partial charge >= 0.3 is 0 Å². The molecule has 0 spiro atoms. The first-order chi connectivity index (χ1) is 9.70. The predicted molar refractivity (Wildman–Crippen MR) is 73.9 cm³/mol. The van der Waals surface area contributed by atoms with Gasteiger partial charge in [0.1, 0.15) is 17.8 Å². The number of aldehydes is 1. The fraction of sp³-hybridized carbons (Fsp3) is 0.231. The summed E-state index contributed by atoms with van der Waals surface area (Å²) in [7, 11) is 0. The molecule has 20 heavy (non-hydrogen) atoms. The molecule has 2 rings (SSSR count). The number of aromatic nitrogens is 2. The van der Waals surface area contributed by atoms with Crippen LogP contribution >= 0.6 is 0 Å². The first-order valence-corrected chi connectivity index (χ1v) is 6.16. The minimum absolute atomic E-state index is 0.0902. The van der Waals surface area contributed by atoms with Gasteiger partial charge in [0.05, 0.1) is 4.92 Å². The van der Waals surface area contributed by atoms with Gasteiger partial charge in [-0.3, -0.25) is 14.9 Å². The molecule has 0 atom stereocenters. The summed E-state index contributed by atoms with van der Waals surface area (Å²) < 4.78 is 0. The van der Waals surface area contributed by atoms with Crippen LogP contribution in [0, 0.1) is 10.1 Å². The zero-order chi connectivity index (χ0) is 14.4. The quantitative estimate of drug-likeness (QED) is 0.349. The van der Waals surface area contributed by atoms with E-state index in [1.807, 2.05) is 0 Å². The van der Waals surface area contributed by atoms with E-state index in [1.165, 1.54) is 6.07 Å². The van der Waals surface area contributed by atoms with E-state index >= 15 is 0 Å². The zero-order valence-corrected chi connectivity index (χ0v) is 10.7. The molecule has 7 heteroatoms. The largest absolute Gasteiger partial charge is 0.379 e. The molecule has 1 aromatic heterocycles. The summed E-state index contributed by atoms with van der Waals surface area (Å²) in [6, 6.07) is 4.37. The SMILES string of the molecule is O=Cc1ccc(NCCCc2ncc[nH]2)c([N+](=O)[O-])c1. The number of aromatic amines is 1. The lowest BCUT2D eigenvalue weighted by Gasteiger charge is -2.06. The van der Waals surface area contributed by atoms with Crippen molar-refractivity contribution in [3.8, 4) is 0 Å². The highest BCUT2D eigenvalue weighted by Crippen LogP contribution is 2.24. The van der Waals surface area contributed by atoms with Gasteiger partial charge in [0, 0.05) is 37.0 Å². The van der Waals surface area contributed by atoms with Gasteiger partial charge in [0.15, 0.2) is 0 Å². The van der Waals surface area contributed by atoms with Crippen LogP contribution in [0.25, 0.3) is 0 Å². The van der Waals surface area contributed by atoms with Crippen molar-refractivity contribution in [1.29, 1.82) is 0 Å². The van der Waals surface area contributed by atoms with E-state index in [0.29, 0.717) is 18.5 Å². The van der Waals surface area contributed by atoms with Crippen LogP contribution in [0.2, 0.25) is 0 Å². The van der Waals surface area contributed by atoms with Gasteiger partial charge in [-0.1, -0.05) is 0 Å². The Kier molecular flexibility index (Phi) is 4.43. The Hall–Kier alpha value is -2.70. The van der Waals surface area contributed by atoms with Crippen LogP contribution in [-0.2, 0) is 6.42 Å². The Morgan fingerprint density at radius 2 is 2.30 bits per heavy atom. The van der Waals surface area contributed by atoms with E-state index in [4.69, 9.17) is 0 Å². The first-order valence-electron chi connectivity index (χ1n) is 6.16. The monoisotopic (exact) mass is 274 g/mol. The fourth-order valence-electron chi connectivity index (χ4n) is 1.84. The maximum absolute atomic E-state index is 10.9. The molecule has 0 aliphatic heterocycles. The molecular formula is C13H14N4O3. The van der Waals surface area contributed by atoms with Crippen LogP contribution in [0.1, 0.15) is 22.6 Å². The third-order valence-corrected chi connectivity index (χ3v) is 2.82. The summed E-state index contributed by atoms with van der Waals surface area (Å²) in [5, 5.41) is 14.0. The number of nitrogens with one attached hydrogen (secondary N) is 2. The second-order valence-corrected chi connectivity index (χ2v) is 4.22. The summed E-state index contributed by atoms with van der Waals surface area (Å²) in [6.45, 7) is 0.585. The average Bonchev–Trinajstić information content (AvgIpc) is 2.96. The molecule has 104 valence electrons. The maximum atomic E-state index is 10.9. The molecule has 2 aromatic rings. The van der Waals surface area contributed by atoms with Crippen LogP contribution in [0.4, 0.5) is 11.4 Å². The predicted octanol–water partition coefficient (Wildman–Crippen LogP) is 2.18. The van der Waals surface area contributed by atoms with Gasteiger partial charge in [-0.25, -0.2) is 4.98 Å². The highest BCUT2D eigenvalue weighted by molar-refractivity contribution is 5.79. The molecule has 0 bridgehead atoms. The lowest BCUT2D eigenvalue weighted by molar-refractivity contribution is -0.384. The molecule has 1 aromatic carbocycles. The number of nitro groups is 1. The second-order valence-electron chi connectivity index (χ2n) is 4.22. The summed E-state index contributed by atoms with van der Waals surface area (Å²) in [6.07, 6.45) is 5.59. The lowest BCUT2D eigenvalue weighted by Crippen LogP contribution is -2.06. The van der Waals surface area contributed by atoms with Gasteiger partial charge in [-0.15, -0.1) is 0 Å². The van der Waals surface area contributed by atoms with Gasteiger partial charge in [0.2, 0.25) is 0 Å². The Morgan fingerprint density at radius 1 is 1.45 bits per heavy atom. The number of hydrogen-bond acceptors (Lipinski definition) is 5. The van der Waals surface area contributed by atoms with Gasteiger partial charge in [-0.2, -0.15) is 0 Å². The molecule has 0 unspecified atom stereocenters. The second kappa shape index (κ2) is 6.46. The number of carbonyl (C=O) groups is 1. The average molecular weight is 274 g/mol. The molecule has 7 nitrogen and oxygen atoms in total. The topological polar surface area (TPSA) is 101 Å². The van der Waals surface area contributed by atoms with Crippen LogP contribution in [0.5, 0.6) is 0 Å². The molecule has 0 radical (unpaired) electrons. The Bertz CT molecular complexity index is 596. The zero-order valence-electron chi connectivity index (χ0n) is 10.7. The van der Waals surface area contributed by atoms with Crippen molar-refractivity contribution in [2.75, 3.05) is 11.9 Å². The van der Waals surface area contributed by atoms with Crippen LogP contribution in [0.15, 0.2) is 30.6 Å². The minimum atomic E-state index is -0.498. The molecule has 2 N–H and O–H groups in total. The van der Waals surface area contributed by atoms with E-state index in [-0.39, 0.29) is 11.3 Å². The highest BCUT2D eigenvalue weighted by Gasteiger charge is 2.13. The Labute approximate surface area is 115 Å². The van der Waals surface area contributed by atoms with Gasteiger partial charge in [0.25, 0.3) is 5.69 Å². The number of aryl methyl sites for hydroxylation is 1. The van der Waals surface area contributed by atoms with E-state index in [1.54, 1.807) is 24.5 Å². The van der Waals surface area contributed by atoms with Crippen molar-refractivity contribution in [2.45, 2.75) is 12.8 Å². The number of nitrogens with zero attached hydrogens (tertiary/aromatic N) is 2. The maximum Gasteiger partial charge on any atom is 0.293 e. The summed E-state index contributed by atoms with van der Waals surface area (Å²) in [5.41, 5.74) is 0.616. The molecule has 0 fully saturated rings. The number of benzene rings is 1. The van der Waals surface area contributed by atoms with E-state index < -0.39 is 4.92 Å². The molecule has 1 heterocycles. The van der Waals surface area contributed by atoms with E-state index in [2.05, 4.69) is 15.3 Å². The molecule has 0 aliphatic carbocycles. The summed E-state index contributed by atoms with van der Waals surface area (Å²) >= 11 is 0. The van der Waals surface area contributed by atoms with E-state index in [0.717, 1.165) is 18.7 Å². The molecule has 0 aliphatic rings. The first kappa shape index (κ1) is 13.7. The van der Waals surface area contributed by atoms with Gasteiger partial charge < -0.3 is 10.3 Å². The number of H-pyrrole nitrogens is 1. The molecule has 0 amide bonds. The third-order valence-electron chi connectivity index (χ3n) is 2.82. The van der Waals surface area contributed by atoms with Crippen molar-refractivity contribution >= 4 is 17.7 Å². The molecular weight excluding hydrogens is 260 g/mol. The number of anilines is 1. The molecule has 0 saturated heterocycles. The number of nitro benzene ring substituents is 1. The summed E-state index contributed by atoms with van der Waals surface area (Å²) in [4.78, 5) is 28.2. The van der Waals surface area contributed by atoms with Crippen molar-refractivity contribution in [3.63, 3.8) is 0 Å². The third kappa shape index (κ3) is 3.41. The van der Waals surface area contributed by atoms with Gasteiger partial charge in [-0.05, 0) is 18.6 Å². The summed E-state index contributed by atoms with van der Waals surface area (Å²) in [5.74, 6) is 0.887. The van der Waals surface area contributed by atoms with Crippen molar-refractivity contribution in [3.05, 3.63) is 52.1 Å².